The highest BCUT2D eigenvalue weighted by molar-refractivity contribution is 5.72. The van der Waals surface area contributed by atoms with Crippen molar-refractivity contribution in [1.82, 2.24) is 0 Å². The Morgan fingerprint density at radius 1 is 0.778 bits per heavy atom. The molecule has 0 aliphatic heterocycles. The molecule has 0 atom stereocenters. The molecule has 1 rings (SSSR count). The maximum atomic E-state index is 13.3. The average Bonchev–Trinajstić information content (AvgIpc) is 2.62. The second-order valence-corrected chi connectivity index (χ2v) is 5.90. The molecule has 0 aromatic heterocycles. The molecule has 0 N–H and O–H groups in total. The summed E-state index contributed by atoms with van der Waals surface area (Å²) >= 11 is 0. The molecule has 0 aliphatic carbocycles. The van der Waals surface area contributed by atoms with Gasteiger partial charge in [0.05, 0.1) is 6.61 Å². The van der Waals surface area contributed by atoms with Gasteiger partial charge in [-0.15, -0.1) is 0 Å². The van der Waals surface area contributed by atoms with Gasteiger partial charge in [-0.1, -0.05) is 13.8 Å². The van der Waals surface area contributed by atoms with Crippen molar-refractivity contribution in [2.45, 2.75) is 33.1 Å². The zero-order chi connectivity index (χ0) is 20.6. The molecule has 0 radical (unpaired) electrons. The topological polar surface area (TPSA) is 61.8 Å². The van der Waals surface area contributed by atoms with E-state index in [1.54, 1.807) is 0 Å². The SMILES string of the molecule is CC(C)COC(=O)CCCC(=O)OCCOc1c(F)c(F)c(F)c(F)c1F. The third-order valence-electron chi connectivity index (χ3n) is 3.10. The predicted octanol–water partition coefficient (Wildman–Crippen LogP) is 3.67. The molecular formula is C17H19F5O5. The highest BCUT2D eigenvalue weighted by atomic mass is 19.2. The van der Waals surface area contributed by atoms with Crippen molar-refractivity contribution in [3.63, 3.8) is 0 Å². The first-order valence-electron chi connectivity index (χ1n) is 8.10. The van der Waals surface area contributed by atoms with Gasteiger partial charge in [0.2, 0.25) is 29.1 Å². The summed E-state index contributed by atoms with van der Waals surface area (Å²) in [5, 5.41) is 0. The van der Waals surface area contributed by atoms with Gasteiger partial charge < -0.3 is 14.2 Å². The van der Waals surface area contributed by atoms with E-state index >= 15 is 0 Å². The van der Waals surface area contributed by atoms with Crippen LogP contribution < -0.4 is 4.74 Å². The average molecular weight is 398 g/mol. The molecule has 0 saturated carbocycles. The van der Waals surface area contributed by atoms with Crippen LogP contribution in [-0.4, -0.2) is 31.8 Å². The third kappa shape index (κ3) is 7.03. The van der Waals surface area contributed by atoms with E-state index in [1.165, 1.54) is 0 Å². The van der Waals surface area contributed by atoms with Gasteiger partial charge in [0.1, 0.15) is 13.2 Å². The van der Waals surface area contributed by atoms with Crippen molar-refractivity contribution in [2.75, 3.05) is 19.8 Å². The van der Waals surface area contributed by atoms with Gasteiger partial charge in [-0.2, -0.15) is 8.78 Å². The number of ether oxygens (including phenoxy) is 3. The predicted molar refractivity (Wildman–Crippen MR) is 82.3 cm³/mol. The molecule has 1 aromatic carbocycles. The summed E-state index contributed by atoms with van der Waals surface area (Å²) in [6.45, 7) is 2.92. The van der Waals surface area contributed by atoms with Crippen molar-refractivity contribution in [2.24, 2.45) is 5.92 Å². The molecule has 0 amide bonds. The molecule has 27 heavy (non-hydrogen) atoms. The van der Waals surface area contributed by atoms with Crippen molar-refractivity contribution >= 4 is 11.9 Å². The quantitative estimate of drug-likeness (QED) is 0.198. The lowest BCUT2D eigenvalue weighted by Gasteiger charge is -2.10. The maximum Gasteiger partial charge on any atom is 0.305 e. The van der Waals surface area contributed by atoms with Gasteiger partial charge in [-0.05, 0) is 12.3 Å². The fraction of sp³-hybridized carbons (Fsp3) is 0.529. The number of hydrogen-bond donors (Lipinski definition) is 0. The highest BCUT2D eigenvalue weighted by Crippen LogP contribution is 2.28. The number of benzene rings is 1. The Morgan fingerprint density at radius 3 is 1.78 bits per heavy atom. The van der Waals surface area contributed by atoms with Crippen LogP contribution in [0.4, 0.5) is 22.0 Å². The number of carbonyl (C=O) groups excluding carboxylic acids is 2. The Morgan fingerprint density at radius 2 is 1.26 bits per heavy atom. The molecule has 0 saturated heterocycles. The minimum atomic E-state index is -2.30. The third-order valence-corrected chi connectivity index (χ3v) is 3.10. The second kappa shape index (κ2) is 10.7. The van der Waals surface area contributed by atoms with Crippen LogP contribution in [0.2, 0.25) is 0 Å². The summed E-state index contributed by atoms with van der Waals surface area (Å²) in [5.41, 5.74) is 0. The van der Waals surface area contributed by atoms with Crippen molar-refractivity contribution in [3.05, 3.63) is 29.1 Å². The van der Waals surface area contributed by atoms with E-state index in [2.05, 4.69) is 9.47 Å². The molecule has 0 unspecified atom stereocenters. The van der Waals surface area contributed by atoms with Crippen molar-refractivity contribution in [3.8, 4) is 5.75 Å². The van der Waals surface area contributed by atoms with E-state index in [1.807, 2.05) is 13.8 Å². The van der Waals surface area contributed by atoms with E-state index in [-0.39, 0.29) is 31.8 Å². The first-order chi connectivity index (χ1) is 12.6. The molecule has 10 heteroatoms. The Bertz CT molecular complexity index is 649. The highest BCUT2D eigenvalue weighted by Gasteiger charge is 2.27. The van der Waals surface area contributed by atoms with Gasteiger partial charge >= 0.3 is 11.9 Å². The number of halogens is 5. The van der Waals surface area contributed by atoms with E-state index in [9.17, 15) is 31.5 Å². The second-order valence-electron chi connectivity index (χ2n) is 5.90. The summed E-state index contributed by atoms with van der Waals surface area (Å²) in [6.07, 6.45) is 0.0798. The number of rotatable bonds is 10. The summed E-state index contributed by atoms with van der Waals surface area (Å²) in [5.74, 6) is -13.2. The lowest BCUT2D eigenvalue weighted by atomic mass is 10.2. The van der Waals surface area contributed by atoms with E-state index in [0.29, 0.717) is 0 Å². The Kier molecular flexibility index (Phi) is 8.96. The Hall–Kier alpha value is -2.39. The summed E-state index contributed by atoms with van der Waals surface area (Å²) < 4.78 is 79.6. The molecule has 152 valence electrons. The number of esters is 2. The van der Waals surface area contributed by atoms with Gasteiger partial charge in [-0.3, -0.25) is 9.59 Å². The first kappa shape index (κ1) is 22.7. The smallest absolute Gasteiger partial charge is 0.305 e. The lowest BCUT2D eigenvalue weighted by Crippen LogP contribution is -2.15. The minimum absolute atomic E-state index is 0.0167. The monoisotopic (exact) mass is 398 g/mol. The largest absolute Gasteiger partial charge is 0.484 e. The van der Waals surface area contributed by atoms with Crippen molar-refractivity contribution < 1.29 is 45.8 Å². The minimum Gasteiger partial charge on any atom is -0.484 e. The van der Waals surface area contributed by atoms with Crippen LogP contribution >= 0.6 is 0 Å². The van der Waals surface area contributed by atoms with E-state index in [0.717, 1.165) is 0 Å². The summed E-state index contributed by atoms with van der Waals surface area (Å²) in [6, 6.07) is 0. The molecule has 0 spiro atoms. The van der Waals surface area contributed by atoms with Crippen LogP contribution in [-0.2, 0) is 19.1 Å². The van der Waals surface area contributed by atoms with Gasteiger partial charge in [0.15, 0.2) is 5.75 Å². The van der Waals surface area contributed by atoms with Crippen LogP contribution in [0.5, 0.6) is 5.75 Å². The van der Waals surface area contributed by atoms with Gasteiger partial charge in [0, 0.05) is 12.8 Å². The van der Waals surface area contributed by atoms with E-state index < -0.39 is 60.0 Å². The lowest BCUT2D eigenvalue weighted by molar-refractivity contribution is -0.146. The van der Waals surface area contributed by atoms with Crippen LogP contribution in [0.3, 0.4) is 0 Å². The molecule has 0 aliphatic rings. The summed E-state index contributed by atoms with van der Waals surface area (Å²) in [4.78, 5) is 22.8. The van der Waals surface area contributed by atoms with Gasteiger partial charge in [0.25, 0.3) is 0 Å². The zero-order valence-electron chi connectivity index (χ0n) is 14.8. The normalized spacial score (nSPS) is 10.8. The molecule has 5 nitrogen and oxygen atoms in total. The number of carbonyl (C=O) groups is 2. The standard InChI is InChI=1S/C17H19F5O5/c1-9(2)8-27-11(24)5-3-4-10(23)25-6-7-26-17-15(21)13(19)12(18)14(20)16(17)22/h9H,3-8H2,1-2H3. The van der Waals surface area contributed by atoms with Crippen molar-refractivity contribution in [1.29, 1.82) is 0 Å². The fourth-order valence-electron chi connectivity index (χ4n) is 1.79. The van der Waals surface area contributed by atoms with E-state index in [4.69, 9.17) is 4.74 Å². The van der Waals surface area contributed by atoms with Gasteiger partial charge in [-0.25, -0.2) is 13.2 Å². The molecule has 0 bridgehead atoms. The summed E-state index contributed by atoms with van der Waals surface area (Å²) in [7, 11) is 0. The maximum absolute atomic E-state index is 13.3. The van der Waals surface area contributed by atoms with Crippen LogP contribution in [0.25, 0.3) is 0 Å². The van der Waals surface area contributed by atoms with Crippen LogP contribution in [0, 0.1) is 35.0 Å². The van der Waals surface area contributed by atoms with Crippen LogP contribution in [0.15, 0.2) is 0 Å². The van der Waals surface area contributed by atoms with Crippen LogP contribution in [0.1, 0.15) is 33.1 Å². The zero-order valence-corrected chi connectivity index (χ0v) is 14.8. The molecule has 0 heterocycles. The number of hydrogen-bond acceptors (Lipinski definition) is 5. The molecule has 0 fully saturated rings. The fourth-order valence-corrected chi connectivity index (χ4v) is 1.79. The Balaban J connectivity index is 2.33. The Labute approximate surface area is 152 Å². The molecular weight excluding hydrogens is 379 g/mol. The molecule has 1 aromatic rings. The first-order valence-corrected chi connectivity index (χ1v) is 8.10.